The molecular weight excluding hydrogens is 295 g/mol. The number of aromatic nitrogens is 4. The summed E-state index contributed by atoms with van der Waals surface area (Å²) in [5.41, 5.74) is -0.242. The number of hydrogen-bond acceptors (Lipinski definition) is 4. The van der Waals surface area contributed by atoms with Gasteiger partial charge in [0.2, 0.25) is 5.28 Å². The Hall–Kier alpha value is -1.83. The molecule has 5 nitrogen and oxygen atoms in total. The van der Waals surface area contributed by atoms with E-state index in [4.69, 9.17) is 11.6 Å². The molecule has 0 unspecified atom stereocenters. The molecule has 0 atom stereocenters. The van der Waals surface area contributed by atoms with Gasteiger partial charge in [0.15, 0.2) is 5.69 Å². The van der Waals surface area contributed by atoms with E-state index in [1.54, 1.807) is 17.9 Å². The van der Waals surface area contributed by atoms with E-state index in [0.29, 0.717) is 13.0 Å². The Morgan fingerprint density at radius 1 is 1.35 bits per heavy atom. The van der Waals surface area contributed by atoms with Gasteiger partial charge in [-0.1, -0.05) is 0 Å². The number of hydrogen-bond donors (Lipinski definition) is 1. The minimum Gasteiger partial charge on any atom is -0.370 e. The number of alkyl halides is 3. The minimum atomic E-state index is -4.55. The fourth-order valence-corrected chi connectivity index (χ4v) is 1.75. The van der Waals surface area contributed by atoms with Gasteiger partial charge in [0.1, 0.15) is 5.82 Å². The Labute approximate surface area is 117 Å². The summed E-state index contributed by atoms with van der Waals surface area (Å²) in [5, 5.41) is 6.48. The molecule has 0 radical (unpaired) electrons. The predicted octanol–water partition coefficient (Wildman–Crippen LogP) is 2.54. The van der Waals surface area contributed by atoms with Crippen LogP contribution in [-0.4, -0.2) is 26.3 Å². The molecule has 0 aliphatic carbocycles. The van der Waals surface area contributed by atoms with E-state index in [1.807, 2.05) is 6.07 Å². The van der Waals surface area contributed by atoms with Gasteiger partial charge in [-0.05, 0) is 17.7 Å². The molecule has 2 heterocycles. The Kier molecular flexibility index (Phi) is 4.12. The van der Waals surface area contributed by atoms with Crippen LogP contribution < -0.4 is 5.32 Å². The van der Waals surface area contributed by atoms with E-state index >= 15 is 0 Å². The summed E-state index contributed by atoms with van der Waals surface area (Å²) < 4.78 is 39.3. The molecule has 0 bridgehead atoms. The van der Waals surface area contributed by atoms with Crippen molar-refractivity contribution in [3.05, 3.63) is 35.0 Å². The summed E-state index contributed by atoms with van der Waals surface area (Å²) in [7, 11) is 1.79. The Balaban J connectivity index is 2.00. The average Bonchev–Trinajstić information content (AvgIpc) is 2.73. The molecule has 0 aliphatic heterocycles. The second-order valence-corrected chi connectivity index (χ2v) is 4.40. The summed E-state index contributed by atoms with van der Waals surface area (Å²) in [4.78, 5) is 6.85. The smallest absolute Gasteiger partial charge is 0.370 e. The molecule has 0 saturated carbocycles. The molecule has 2 aromatic rings. The quantitative estimate of drug-likeness (QED) is 0.882. The number of nitrogens with zero attached hydrogens (tertiary/aromatic N) is 4. The second-order valence-electron chi connectivity index (χ2n) is 4.06. The molecule has 0 aliphatic rings. The summed E-state index contributed by atoms with van der Waals surface area (Å²) in [6.07, 6.45) is -2.20. The van der Waals surface area contributed by atoms with Crippen LogP contribution in [0.25, 0.3) is 0 Å². The number of rotatable bonds is 4. The maximum absolute atomic E-state index is 12.5. The topological polar surface area (TPSA) is 55.6 Å². The number of anilines is 1. The molecule has 20 heavy (non-hydrogen) atoms. The van der Waals surface area contributed by atoms with Crippen LogP contribution in [0.4, 0.5) is 19.0 Å². The van der Waals surface area contributed by atoms with Crippen LogP contribution in [0.1, 0.15) is 11.4 Å². The van der Waals surface area contributed by atoms with Gasteiger partial charge in [0.05, 0.1) is 5.69 Å². The van der Waals surface area contributed by atoms with Crippen molar-refractivity contribution in [3.8, 4) is 0 Å². The normalized spacial score (nSPS) is 11.7. The lowest BCUT2D eigenvalue weighted by Crippen LogP contribution is -2.12. The highest BCUT2D eigenvalue weighted by Gasteiger charge is 2.33. The van der Waals surface area contributed by atoms with Crippen molar-refractivity contribution in [2.75, 3.05) is 11.9 Å². The first kappa shape index (κ1) is 14.6. The van der Waals surface area contributed by atoms with Crippen LogP contribution >= 0.6 is 11.6 Å². The van der Waals surface area contributed by atoms with Gasteiger partial charge >= 0.3 is 6.18 Å². The van der Waals surface area contributed by atoms with E-state index in [1.165, 1.54) is 0 Å². The molecule has 0 fully saturated rings. The third-order valence-corrected chi connectivity index (χ3v) is 2.61. The monoisotopic (exact) mass is 305 g/mol. The molecule has 2 rings (SSSR count). The summed E-state index contributed by atoms with van der Waals surface area (Å²) in [6.45, 7) is 0.391. The maximum atomic E-state index is 12.5. The Morgan fingerprint density at radius 3 is 2.70 bits per heavy atom. The zero-order valence-electron chi connectivity index (χ0n) is 10.4. The van der Waals surface area contributed by atoms with Crippen LogP contribution in [0, 0.1) is 0 Å². The molecule has 9 heteroatoms. The zero-order chi connectivity index (χ0) is 14.8. The molecular formula is C11H11ClF3N5. The minimum absolute atomic E-state index is 0.0354. The van der Waals surface area contributed by atoms with Crippen molar-refractivity contribution in [1.29, 1.82) is 0 Å². The van der Waals surface area contributed by atoms with Crippen LogP contribution in [0.3, 0.4) is 0 Å². The van der Waals surface area contributed by atoms with E-state index < -0.39 is 17.2 Å². The third kappa shape index (κ3) is 3.83. The van der Waals surface area contributed by atoms with Crippen molar-refractivity contribution in [3.63, 3.8) is 0 Å². The first-order chi connectivity index (χ1) is 9.34. The average molecular weight is 306 g/mol. The summed E-state index contributed by atoms with van der Waals surface area (Å²) in [5.74, 6) is 0.0354. The molecule has 0 saturated heterocycles. The van der Waals surface area contributed by atoms with Crippen LogP contribution in [0.15, 0.2) is 18.3 Å². The Morgan fingerprint density at radius 2 is 2.10 bits per heavy atom. The lowest BCUT2D eigenvalue weighted by atomic mass is 10.3. The van der Waals surface area contributed by atoms with Gasteiger partial charge in [-0.3, -0.25) is 4.68 Å². The van der Waals surface area contributed by atoms with Crippen molar-refractivity contribution < 1.29 is 13.2 Å². The zero-order valence-corrected chi connectivity index (χ0v) is 11.2. The molecule has 2 aromatic heterocycles. The molecule has 108 valence electrons. The van der Waals surface area contributed by atoms with E-state index in [0.717, 1.165) is 11.8 Å². The lowest BCUT2D eigenvalue weighted by molar-refractivity contribution is -0.141. The van der Waals surface area contributed by atoms with Crippen molar-refractivity contribution in [2.24, 2.45) is 7.05 Å². The largest absolute Gasteiger partial charge is 0.433 e. The summed E-state index contributed by atoms with van der Waals surface area (Å²) in [6, 6.07) is 2.65. The lowest BCUT2D eigenvalue weighted by Gasteiger charge is -2.09. The van der Waals surface area contributed by atoms with Gasteiger partial charge in [0, 0.05) is 32.3 Å². The SMILES string of the molecule is Cn1ccc(CCNc2cc(C(F)(F)F)nc(Cl)n2)n1. The van der Waals surface area contributed by atoms with Crippen molar-refractivity contribution in [2.45, 2.75) is 12.6 Å². The van der Waals surface area contributed by atoms with Gasteiger partial charge in [-0.2, -0.15) is 18.3 Å². The first-order valence-electron chi connectivity index (χ1n) is 5.69. The first-order valence-corrected chi connectivity index (χ1v) is 6.06. The molecule has 0 spiro atoms. The second kappa shape index (κ2) is 5.66. The Bertz CT molecular complexity index is 596. The highest BCUT2D eigenvalue weighted by atomic mass is 35.5. The van der Waals surface area contributed by atoms with E-state index in [9.17, 15) is 13.2 Å². The molecule has 0 aromatic carbocycles. The fraction of sp³-hybridized carbons (Fsp3) is 0.364. The van der Waals surface area contributed by atoms with Gasteiger partial charge in [0.25, 0.3) is 0 Å². The van der Waals surface area contributed by atoms with Crippen molar-refractivity contribution >= 4 is 17.4 Å². The predicted molar refractivity (Wildman–Crippen MR) is 67.4 cm³/mol. The van der Waals surface area contributed by atoms with E-state index in [-0.39, 0.29) is 5.82 Å². The third-order valence-electron chi connectivity index (χ3n) is 2.45. The maximum Gasteiger partial charge on any atom is 0.433 e. The fourth-order valence-electron chi connectivity index (χ4n) is 1.57. The highest BCUT2D eigenvalue weighted by molar-refractivity contribution is 6.28. The van der Waals surface area contributed by atoms with Crippen LogP contribution in [0.5, 0.6) is 0 Å². The number of nitrogens with one attached hydrogen (secondary N) is 1. The van der Waals surface area contributed by atoms with Crippen LogP contribution in [0.2, 0.25) is 5.28 Å². The van der Waals surface area contributed by atoms with Crippen LogP contribution in [-0.2, 0) is 19.6 Å². The highest BCUT2D eigenvalue weighted by Crippen LogP contribution is 2.29. The number of halogens is 4. The molecule has 1 N–H and O–H groups in total. The number of aryl methyl sites for hydroxylation is 1. The van der Waals surface area contributed by atoms with Gasteiger partial charge in [-0.15, -0.1) is 0 Å². The van der Waals surface area contributed by atoms with Gasteiger partial charge < -0.3 is 5.32 Å². The van der Waals surface area contributed by atoms with Crippen molar-refractivity contribution in [1.82, 2.24) is 19.7 Å². The molecule has 0 amide bonds. The summed E-state index contributed by atoms with van der Waals surface area (Å²) >= 11 is 5.48. The van der Waals surface area contributed by atoms with E-state index in [2.05, 4.69) is 20.4 Å². The standard InChI is InChI=1S/C11H11ClF3N5/c1-20-5-3-7(19-20)2-4-16-9-6-8(11(13,14)15)17-10(12)18-9/h3,5-6H,2,4H2,1H3,(H,16,17,18). The van der Waals surface area contributed by atoms with Gasteiger partial charge in [-0.25, -0.2) is 9.97 Å².